The molecule has 1 saturated carbocycles. The second-order valence-electron chi connectivity index (χ2n) is 8.97. The van der Waals surface area contributed by atoms with Crippen molar-refractivity contribution < 1.29 is 28.6 Å². The van der Waals surface area contributed by atoms with Gasteiger partial charge in [0.1, 0.15) is 12.4 Å². The first-order valence-electron chi connectivity index (χ1n) is 11.7. The van der Waals surface area contributed by atoms with Crippen LogP contribution in [0.3, 0.4) is 0 Å². The highest BCUT2D eigenvalue weighted by Gasteiger charge is 2.35. The van der Waals surface area contributed by atoms with E-state index in [0.29, 0.717) is 5.76 Å². The fourth-order valence-electron chi connectivity index (χ4n) is 4.67. The lowest BCUT2D eigenvalue weighted by atomic mass is 9.98. The summed E-state index contributed by atoms with van der Waals surface area (Å²) in [7, 11) is 0. The second-order valence-corrected chi connectivity index (χ2v) is 8.97. The number of amides is 2. The average Bonchev–Trinajstić information content (AvgIpc) is 3.51. The molecule has 1 fully saturated rings. The molecule has 0 radical (unpaired) electrons. The Kier molecular flexibility index (Phi) is 6.27. The zero-order valence-electron chi connectivity index (χ0n) is 19.0. The lowest BCUT2D eigenvalue weighted by molar-refractivity contribution is -0.121. The summed E-state index contributed by atoms with van der Waals surface area (Å²) in [6.45, 7) is 0.294. The molecule has 0 aliphatic heterocycles. The van der Waals surface area contributed by atoms with Gasteiger partial charge in [-0.1, -0.05) is 48.5 Å². The fourth-order valence-corrected chi connectivity index (χ4v) is 4.67. The molecule has 1 aromatic heterocycles. The molecular formula is C27H26N2O6. The number of carboxylic acids is 1. The van der Waals surface area contributed by atoms with E-state index in [2.05, 4.69) is 34.9 Å². The normalized spacial score (nSPS) is 15.1. The number of aromatic carboxylic acids is 1. The van der Waals surface area contributed by atoms with Crippen LogP contribution in [0, 0.1) is 5.92 Å². The molecule has 2 aromatic carbocycles. The van der Waals surface area contributed by atoms with Gasteiger partial charge in [-0.05, 0) is 53.1 Å². The lowest BCUT2D eigenvalue weighted by Gasteiger charge is -2.19. The molecule has 8 nitrogen and oxygen atoms in total. The van der Waals surface area contributed by atoms with E-state index < -0.39 is 12.1 Å². The van der Waals surface area contributed by atoms with Gasteiger partial charge in [0.05, 0.1) is 6.54 Å². The largest absolute Gasteiger partial charge is 0.475 e. The van der Waals surface area contributed by atoms with Crippen molar-refractivity contribution in [1.82, 2.24) is 10.6 Å². The van der Waals surface area contributed by atoms with Gasteiger partial charge >= 0.3 is 12.1 Å². The summed E-state index contributed by atoms with van der Waals surface area (Å²) < 4.78 is 10.8. The third kappa shape index (κ3) is 5.06. The molecule has 180 valence electrons. The predicted octanol–water partition coefficient (Wildman–Crippen LogP) is 4.30. The van der Waals surface area contributed by atoms with E-state index in [1.165, 1.54) is 12.1 Å². The van der Waals surface area contributed by atoms with Crippen molar-refractivity contribution >= 4 is 18.0 Å². The number of benzene rings is 2. The van der Waals surface area contributed by atoms with Crippen LogP contribution in [0.4, 0.5) is 4.79 Å². The summed E-state index contributed by atoms with van der Waals surface area (Å²) in [6, 6.07) is 18.8. The fraction of sp³-hybridized carbons (Fsp3) is 0.296. The number of carboxylic acid groups (broad SMARTS) is 1. The molecule has 0 bridgehead atoms. The molecule has 2 aliphatic carbocycles. The first kappa shape index (κ1) is 22.7. The number of hydrogen-bond donors (Lipinski definition) is 3. The van der Waals surface area contributed by atoms with Gasteiger partial charge in [-0.15, -0.1) is 0 Å². The van der Waals surface area contributed by atoms with E-state index >= 15 is 0 Å². The van der Waals surface area contributed by atoms with E-state index in [1.54, 1.807) is 0 Å². The number of fused-ring (bicyclic) bond motifs is 3. The third-order valence-electron chi connectivity index (χ3n) is 6.58. The number of hydrogen-bond acceptors (Lipinski definition) is 5. The first-order chi connectivity index (χ1) is 17.0. The van der Waals surface area contributed by atoms with Crippen molar-refractivity contribution in [1.29, 1.82) is 0 Å². The van der Waals surface area contributed by atoms with Gasteiger partial charge in [-0.25, -0.2) is 9.59 Å². The Morgan fingerprint density at radius 3 is 2.23 bits per heavy atom. The van der Waals surface area contributed by atoms with Crippen molar-refractivity contribution in [3.63, 3.8) is 0 Å². The molecule has 1 unspecified atom stereocenters. The van der Waals surface area contributed by atoms with E-state index in [4.69, 9.17) is 14.3 Å². The first-order valence-corrected chi connectivity index (χ1v) is 11.7. The van der Waals surface area contributed by atoms with Gasteiger partial charge in [0.2, 0.25) is 11.7 Å². The summed E-state index contributed by atoms with van der Waals surface area (Å²) in [6.07, 6.45) is 1.47. The van der Waals surface area contributed by atoms with Crippen LogP contribution in [0.5, 0.6) is 0 Å². The highest BCUT2D eigenvalue weighted by molar-refractivity contribution is 5.84. The van der Waals surface area contributed by atoms with E-state index in [0.717, 1.165) is 35.1 Å². The molecule has 5 rings (SSSR count). The highest BCUT2D eigenvalue weighted by Crippen LogP contribution is 2.44. The van der Waals surface area contributed by atoms with E-state index in [-0.39, 0.29) is 49.1 Å². The minimum absolute atomic E-state index is 0.0280. The van der Waals surface area contributed by atoms with Gasteiger partial charge in [0.25, 0.3) is 0 Å². The minimum atomic E-state index is -1.16. The van der Waals surface area contributed by atoms with Crippen LogP contribution in [0.25, 0.3) is 11.1 Å². The van der Waals surface area contributed by atoms with Gasteiger partial charge in [0.15, 0.2) is 0 Å². The van der Waals surface area contributed by atoms with Crippen LogP contribution in [-0.4, -0.2) is 35.7 Å². The van der Waals surface area contributed by atoms with Crippen molar-refractivity contribution in [3.05, 3.63) is 83.3 Å². The molecule has 3 N–H and O–H groups in total. The molecule has 0 saturated heterocycles. The highest BCUT2D eigenvalue weighted by atomic mass is 16.5. The van der Waals surface area contributed by atoms with Crippen molar-refractivity contribution in [2.24, 2.45) is 5.92 Å². The monoisotopic (exact) mass is 474 g/mol. The quantitative estimate of drug-likeness (QED) is 0.426. The van der Waals surface area contributed by atoms with Crippen LogP contribution in [-0.2, 0) is 16.1 Å². The summed E-state index contributed by atoms with van der Waals surface area (Å²) in [4.78, 5) is 36.0. The Balaban J connectivity index is 1.15. The molecule has 0 spiro atoms. The zero-order chi connectivity index (χ0) is 24.4. The standard InChI is InChI=1S/C27H26N2O6/c30-25(28-14-17-11-12-24(35-17)26(31)32)13-23(16-9-10-16)29-27(33)34-15-22-20-7-3-1-5-18(20)19-6-2-4-8-21(19)22/h1-8,11-12,16,22-23H,9-10,13-15H2,(H,28,30)(H,29,33)(H,31,32). The topological polar surface area (TPSA) is 118 Å². The number of carbonyl (C=O) groups excluding carboxylic acids is 2. The van der Waals surface area contributed by atoms with Gasteiger partial charge in [-0.3, -0.25) is 4.79 Å². The predicted molar refractivity (Wildman–Crippen MR) is 127 cm³/mol. The number of nitrogens with one attached hydrogen (secondary N) is 2. The van der Waals surface area contributed by atoms with Crippen LogP contribution >= 0.6 is 0 Å². The molecule has 35 heavy (non-hydrogen) atoms. The van der Waals surface area contributed by atoms with Crippen LogP contribution < -0.4 is 10.6 Å². The van der Waals surface area contributed by atoms with Crippen LogP contribution in [0.2, 0.25) is 0 Å². The number of rotatable bonds is 9. The summed E-state index contributed by atoms with van der Waals surface area (Å²) >= 11 is 0. The number of carbonyl (C=O) groups is 3. The van der Waals surface area contributed by atoms with Crippen molar-refractivity contribution in [2.45, 2.75) is 37.8 Å². The lowest BCUT2D eigenvalue weighted by Crippen LogP contribution is -2.41. The molecule has 8 heteroatoms. The number of furan rings is 1. The Hall–Kier alpha value is -4.07. The SMILES string of the molecule is O=C(CC(NC(=O)OCC1c2ccccc2-c2ccccc21)C1CC1)NCc1ccc(C(=O)O)o1. The molecular weight excluding hydrogens is 448 g/mol. The summed E-state index contributed by atoms with van der Waals surface area (Å²) in [5, 5.41) is 14.5. The Morgan fingerprint density at radius 1 is 0.971 bits per heavy atom. The van der Waals surface area contributed by atoms with Crippen molar-refractivity contribution in [3.8, 4) is 11.1 Å². The Morgan fingerprint density at radius 2 is 1.63 bits per heavy atom. The maximum Gasteiger partial charge on any atom is 0.407 e. The maximum absolute atomic E-state index is 12.7. The Labute approximate surface area is 202 Å². The minimum Gasteiger partial charge on any atom is -0.475 e. The zero-order valence-corrected chi connectivity index (χ0v) is 19.0. The molecule has 2 amide bonds. The summed E-state index contributed by atoms with van der Waals surface area (Å²) in [5.41, 5.74) is 4.61. The number of ether oxygens (including phenoxy) is 1. The second kappa shape index (κ2) is 9.66. The average molecular weight is 475 g/mol. The van der Waals surface area contributed by atoms with Gasteiger partial charge in [0, 0.05) is 18.4 Å². The molecule has 1 atom stereocenters. The molecule has 1 heterocycles. The van der Waals surface area contributed by atoms with E-state index in [1.807, 2.05) is 24.3 Å². The maximum atomic E-state index is 12.7. The molecule has 2 aliphatic rings. The molecule has 3 aromatic rings. The van der Waals surface area contributed by atoms with Crippen molar-refractivity contribution in [2.75, 3.05) is 6.61 Å². The van der Waals surface area contributed by atoms with E-state index in [9.17, 15) is 14.4 Å². The van der Waals surface area contributed by atoms with Crippen LogP contribution in [0.1, 0.15) is 52.6 Å². The van der Waals surface area contributed by atoms with Crippen LogP contribution in [0.15, 0.2) is 65.1 Å². The smallest absolute Gasteiger partial charge is 0.407 e. The number of alkyl carbamates (subject to hydrolysis) is 1. The Bertz CT molecular complexity index is 1220. The van der Waals surface area contributed by atoms with Gasteiger partial charge in [-0.2, -0.15) is 0 Å². The third-order valence-corrected chi connectivity index (χ3v) is 6.58. The van der Waals surface area contributed by atoms with Gasteiger partial charge < -0.3 is 24.9 Å². The summed E-state index contributed by atoms with van der Waals surface area (Å²) in [5.74, 6) is -1.04.